The molecular weight excluding hydrogens is 265 g/mol. The van der Waals surface area contributed by atoms with Crippen LogP contribution < -0.4 is 5.32 Å². The van der Waals surface area contributed by atoms with E-state index in [4.69, 9.17) is 4.42 Å². The van der Waals surface area contributed by atoms with Gasteiger partial charge in [-0.1, -0.05) is 6.92 Å². The first-order chi connectivity index (χ1) is 9.61. The summed E-state index contributed by atoms with van der Waals surface area (Å²) in [6.07, 6.45) is 2.02. The van der Waals surface area contributed by atoms with Crippen LogP contribution in [0.4, 0.5) is 10.1 Å². The van der Waals surface area contributed by atoms with Crippen molar-refractivity contribution in [3.05, 3.63) is 46.2 Å². The summed E-state index contributed by atoms with van der Waals surface area (Å²) in [5, 5.41) is 13.7. The summed E-state index contributed by atoms with van der Waals surface area (Å²) < 4.78 is 19.2. The molecule has 7 heteroatoms. The van der Waals surface area contributed by atoms with Gasteiger partial charge in [-0.05, 0) is 12.6 Å². The molecule has 2 rings (SSSR count). The smallest absolute Gasteiger partial charge is 0.272 e. The fourth-order valence-corrected chi connectivity index (χ4v) is 1.74. The van der Waals surface area contributed by atoms with Crippen molar-refractivity contribution in [1.29, 1.82) is 0 Å². The van der Waals surface area contributed by atoms with Gasteiger partial charge in [-0.25, -0.2) is 9.37 Å². The average Bonchev–Trinajstić information content (AvgIpc) is 2.87. The third kappa shape index (κ3) is 3.18. The largest absolute Gasteiger partial charge is 0.441 e. The molecule has 0 saturated heterocycles. The highest BCUT2D eigenvalue weighted by molar-refractivity contribution is 5.59. The van der Waals surface area contributed by atoms with E-state index in [-0.39, 0.29) is 17.0 Å². The third-order valence-corrected chi connectivity index (χ3v) is 2.75. The first kappa shape index (κ1) is 14.1. The summed E-state index contributed by atoms with van der Waals surface area (Å²) in [6, 6.07) is 3.43. The first-order valence-electron chi connectivity index (χ1n) is 6.21. The highest BCUT2D eigenvalue weighted by Gasteiger charge is 2.15. The number of halogens is 1. The monoisotopic (exact) mass is 279 g/mol. The number of oxazole rings is 1. The molecule has 0 aliphatic rings. The minimum Gasteiger partial charge on any atom is -0.441 e. The maximum Gasteiger partial charge on any atom is 0.272 e. The predicted molar refractivity (Wildman–Crippen MR) is 70.8 cm³/mol. The Labute approximate surface area is 114 Å². The maximum absolute atomic E-state index is 13.8. The van der Waals surface area contributed by atoms with Crippen LogP contribution in [0.15, 0.2) is 28.8 Å². The van der Waals surface area contributed by atoms with Crippen LogP contribution in [0.2, 0.25) is 0 Å². The van der Waals surface area contributed by atoms with Crippen LogP contribution in [0, 0.1) is 15.9 Å². The number of nitro benzene ring substituents is 1. The second-order valence-electron chi connectivity index (χ2n) is 4.14. The van der Waals surface area contributed by atoms with E-state index in [1.165, 1.54) is 18.3 Å². The van der Waals surface area contributed by atoms with E-state index in [2.05, 4.69) is 10.3 Å². The number of likely N-dealkylation sites (N-methyl/N-ethyl adjacent to an activating group) is 1. The number of hydrogen-bond acceptors (Lipinski definition) is 5. The van der Waals surface area contributed by atoms with Gasteiger partial charge in [0.2, 0.25) is 0 Å². The molecule has 0 spiro atoms. The molecule has 0 unspecified atom stereocenters. The van der Waals surface area contributed by atoms with Crippen molar-refractivity contribution < 1.29 is 13.7 Å². The van der Waals surface area contributed by atoms with Crippen LogP contribution in [0.25, 0.3) is 11.3 Å². The third-order valence-electron chi connectivity index (χ3n) is 2.75. The Kier molecular flexibility index (Phi) is 4.41. The van der Waals surface area contributed by atoms with Gasteiger partial charge in [0, 0.05) is 19.0 Å². The van der Waals surface area contributed by atoms with Crippen molar-refractivity contribution >= 4 is 5.69 Å². The molecule has 0 atom stereocenters. The number of nitro groups is 1. The van der Waals surface area contributed by atoms with Crippen LogP contribution in [-0.4, -0.2) is 23.0 Å². The quantitative estimate of drug-likeness (QED) is 0.499. The second-order valence-corrected chi connectivity index (χ2v) is 4.14. The summed E-state index contributed by atoms with van der Waals surface area (Å²) in [5.41, 5.74) is -0.129. The summed E-state index contributed by atoms with van der Waals surface area (Å²) in [7, 11) is 0. The number of hydrogen-bond donors (Lipinski definition) is 1. The lowest BCUT2D eigenvalue weighted by atomic mass is 10.1. The van der Waals surface area contributed by atoms with Crippen molar-refractivity contribution in [2.45, 2.75) is 13.3 Å². The Morgan fingerprint density at radius 3 is 2.95 bits per heavy atom. The van der Waals surface area contributed by atoms with Crippen LogP contribution in [-0.2, 0) is 6.42 Å². The van der Waals surface area contributed by atoms with E-state index < -0.39 is 10.7 Å². The SMILES string of the molecule is CCNCCc1ncc(-c2ccc([N+](=O)[O-])cc2F)o1. The molecule has 0 bridgehead atoms. The molecule has 0 saturated carbocycles. The number of non-ortho nitro benzene ring substituents is 1. The topological polar surface area (TPSA) is 81.2 Å². The van der Waals surface area contributed by atoms with Crippen molar-refractivity contribution in [2.24, 2.45) is 0 Å². The molecular formula is C13H14FN3O3. The van der Waals surface area contributed by atoms with E-state index in [1.807, 2.05) is 6.92 Å². The standard InChI is InChI=1S/C13H14FN3O3/c1-2-15-6-5-13-16-8-12(20-13)10-4-3-9(17(18)19)7-11(10)14/h3-4,7-8,15H,2,5-6H2,1H3. The maximum atomic E-state index is 13.8. The highest BCUT2D eigenvalue weighted by Crippen LogP contribution is 2.26. The molecule has 0 radical (unpaired) electrons. The Morgan fingerprint density at radius 2 is 2.30 bits per heavy atom. The van der Waals surface area contributed by atoms with E-state index in [0.29, 0.717) is 12.3 Å². The number of rotatable bonds is 6. The molecule has 1 N–H and O–H groups in total. The summed E-state index contributed by atoms with van der Waals surface area (Å²) in [6.45, 7) is 3.57. The number of nitrogens with one attached hydrogen (secondary N) is 1. The van der Waals surface area contributed by atoms with Crippen LogP contribution >= 0.6 is 0 Å². The van der Waals surface area contributed by atoms with Gasteiger partial charge in [-0.2, -0.15) is 0 Å². The van der Waals surface area contributed by atoms with Crippen molar-refractivity contribution in [2.75, 3.05) is 13.1 Å². The lowest BCUT2D eigenvalue weighted by Gasteiger charge is -1.99. The van der Waals surface area contributed by atoms with Gasteiger partial charge in [0.1, 0.15) is 5.82 Å². The molecule has 0 aliphatic carbocycles. The molecule has 0 aliphatic heterocycles. The number of nitrogens with zero attached hydrogens (tertiary/aromatic N) is 2. The normalized spacial score (nSPS) is 10.7. The van der Waals surface area contributed by atoms with Gasteiger partial charge in [0.05, 0.1) is 22.7 Å². The predicted octanol–water partition coefficient (Wildman–Crippen LogP) is 2.54. The zero-order valence-corrected chi connectivity index (χ0v) is 10.9. The molecule has 6 nitrogen and oxygen atoms in total. The Morgan fingerprint density at radius 1 is 1.50 bits per heavy atom. The van der Waals surface area contributed by atoms with E-state index in [9.17, 15) is 14.5 Å². The lowest BCUT2D eigenvalue weighted by molar-refractivity contribution is -0.385. The highest BCUT2D eigenvalue weighted by atomic mass is 19.1. The average molecular weight is 279 g/mol. The van der Waals surface area contributed by atoms with E-state index >= 15 is 0 Å². The fourth-order valence-electron chi connectivity index (χ4n) is 1.74. The molecule has 1 aromatic heterocycles. The van der Waals surface area contributed by atoms with Gasteiger partial charge in [-0.15, -0.1) is 0 Å². The zero-order chi connectivity index (χ0) is 14.5. The molecule has 0 amide bonds. The van der Waals surface area contributed by atoms with Crippen molar-refractivity contribution in [3.8, 4) is 11.3 Å². The molecule has 1 aromatic carbocycles. The van der Waals surface area contributed by atoms with Gasteiger partial charge in [0.15, 0.2) is 11.7 Å². The fraction of sp³-hybridized carbons (Fsp3) is 0.308. The van der Waals surface area contributed by atoms with Crippen molar-refractivity contribution in [3.63, 3.8) is 0 Å². The Bertz CT molecular complexity index is 613. The van der Waals surface area contributed by atoms with Gasteiger partial charge >= 0.3 is 0 Å². The first-order valence-corrected chi connectivity index (χ1v) is 6.21. The lowest BCUT2D eigenvalue weighted by Crippen LogP contribution is -2.16. The summed E-state index contributed by atoms with van der Waals surface area (Å²) >= 11 is 0. The van der Waals surface area contributed by atoms with Crippen LogP contribution in [0.3, 0.4) is 0 Å². The van der Waals surface area contributed by atoms with Crippen LogP contribution in [0.1, 0.15) is 12.8 Å². The number of aromatic nitrogens is 1. The summed E-state index contributed by atoms with van der Waals surface area (Å²) in [5.74, 6) is 0.0659. The molecule has 2 aromatic rings. The molecule has 106 valence electrons. The van der Waals surface area contributed by atoms with Crippen molar-refractivity contribution in [1.82, 2.24) is 10.3 Å². The second kappa shape index (κ2) is 6.25. The molecule has 1 heterocycles. The summed E-state index contributed by atoms with van der Waals surface area (Å²) in [4.78, 5) is 14.0. The van der Waals surface area contributed by atoms with E-state index in [1.54, 1.807) is 0 Å². The van der Waals surface area contributed by atoms with Crippen LogP contribution in [0.5, 0.6) is 0 Å². The minimum atomic E-state index is -0.700. The Balaban J connectivity index is 2.17. The van der Waals surface area contributed by atoms with Gasteiger partial charge in [-0.3, -0.25) is 10.1 Å². The van der Waals surface area contributed by atoms with E-state index in [0.717, 1.165) is 19.2 Å². The van der Waals surface area contributed by atoms with Gasteiger partial charge < -0.3 is 9.73 Å². The molecule has 0 fully saturated rings. The molecule has 20 heavy (non-hydrogen) atoms. The number of benzene rings is 1. The zero-order valence-electron chi connectivity index (χ0n) is 10.9. The van der Waals surface area contributed by atoms with Gasteiger partial charge in [0.25, 0.3) is 5.69 Å². The Hall–Kier alpha value is -2.28. The minimum absolute atomic E-state index is 0.165.